The Morgan fingerprint density at radius 3 is 2.26 bits per heavy atom. The fourth-order valence-corrected chi connectivity index (χ4v) is 4.08. The van der Waals surface area contributed by atoms with Gasteiger partial charge in [0.2, 0.25) is 15.9 Å². The van der Waals surface area contributed by atoms with Gasteiger partial charge in [-0.2, -0.15) is 4.31 Å². The molecule has 0 saturated carbocycles. The van der Waals surface area contributed by atoms with Gasteiger partial charge in [-0.05, 0) is 42.8 Å². The molecule has 2 aromatic rings. The highest BCUT2D eigenvalue weighted by molar-refractivity contribution is 7.89. The molecule has 0 atom stereocenters. The Balaban J connectivity index is 1.90. The number of nitrogens with one attached hydrogen (secondary N) is 1. The Bertz CT molecular complexity index is 860. The topological polar surface area (TPSA) is 75.7 Å². The minimum atomic E-state index is -3.49. The Morgan fingerprint density at radius 2 is 1.67 bits per heavy atom. The van der Waals surface area contributed by atoms with Crippen molar-refractivity contribution < 1.29 is 17.9 Å². The van der Waals surface area contributed by atoms with E-state index in [1.54, 1.807) is 26.0 Å². The summed E-state index contributed by atoms with van der Waals surface area (Å²) in [5.74, 6) is 0.569. The largest absolute Gasteiger partial charge is 0.493 e. The van der Waals surface area contributed by atoms with E-state index >= 15 is 0 Å². The standard InChI is InChI=1S/C20H26N2O4S/c1-4-22(5-2)27(24,25)18-12-10-17(11-13-18)21-20(23)14-15-26-19-9-7-6-8-16(19)3/h6-13H,4-5,14-15H2,1-3H3,(H,21,23). The quantitative estimate of drug-likeness (QED) is 0.712. The van der Waals surface area contributed by atoms with Gasteiger partial charge in [-0.1, -0.05) is 32.0 Å². The summed E-state index contributed by atoms with van der Waals surface area (Å²) in [5.41, 5.74) is 1.57. The summed E-state index contributed by atoms with van der Waals surface area (Å²) >= 11 is 0. The first kappa shape index (κ1) is 20.9. The van der Waals surface area contributed by atoms with E-state index in [2.05, 4.69) is 5.32 Å². The molecule has 0 bridgehead atoms. The molecule has 2 rings (SSSR count). The molecular formula is C20H26N2O4S. The van der Waals surface area contributed by atoms with Crippen molar-refractivity contribution in [3.05, 3.63) is 54.1 Å². The summed E-state index contributed by atoms with van der Waals surface area (Å²) in [6.45, 7) is 6.65. The van der Waals surface area contributed by atoms with Gasteiger partial charge in [0, 0.05) is 18.8 Å². The van der Waals surface area contributed by atoms with Crippen molar-refractivity contribution in [2.24, 2.45) is 0 Å². The maximum Gasteiger partial charge on any atom is 0.243 e. The van der Waals surface area contributed by atoms with E-state index in [4.69, 9.17) is 4.74 Å². The summed E-state index contributed by atoms with van der Waals surface area (Å²) in [7, 11) is -3.49. The zero-order chi connectivity index (χ0) is 19.9. The first-order valence-electron chi connectivity index (χ1n) is 8.97. The number of amides is 1. The highest BCUT2D eigenvalue weighted by Crippen LogP contribution is 2.19. The lowest BCUT2D eigenvalue weighted by atomic mass is 10.2. The number of rotatable bonds is 9. The first-order valence-corrected chi connectivity index (χ1v) is 10.4. The van der Waals surface area contributed by atoms with Crippen LogP contribution in [-0.4, -0.2) is 38.3 Å². The summed E-state index contributed by atoms with van der Waals surface area (Å²) in [5, 5.41) is 2.75. The number of hydrogen-bond donors (Lipinski definition) is 1. The number of sulfonamides is 1. The lowest BCUT2D eigenvalue weighted by molar-refractivity contribution is -0.116. The van der Waals surface area contributed by atoms with Crippen LogP contribution in [0.3, 0.4) is 0 Å². The van der Waals surface area contributed by atoms with Crippen LogP contribution in [0.2, 0.25) is 0 Å². The zero-order valence-corrected chi connectivity index (χ0v) is 16.8. The van der Waals surface area contributed by atoms with Gasteiger partial charge in [-0.25, -0.2) is 8.42 Å². The molecule has 0 radical (unpaired) electrons. The third kappa shape index (κ3) is 5.55. The minimum absolute atomic E-state index is 0.192. The fourth-order valence-electron chi connectivity index (χ4n) is 2.62. The predicted octanol–water partition coefficient (Wildman–Crippen LogP) is 3.43. The van der Waals surface area contributed by atoms with E-state index in [1.807, 2.05) is 31.2 Å². The van der Waals surface area contributed by atoms with Crippen molar-refractivity contribution in [2.45, 2.75) is 32.1 Å². The lowest BCUT2D eigenvalue weighted by Gasteiger charge is -2.18. The maximum atomic E-state index is 12.5. The number of carbonyl (C=O) groups excluding carboxylic acids is 1. The van der Waals surface area contributed by atoms with Crippen molar-refractivity contribution in [3.8, 4) is 5.75 Å². The van der Waals surface area contributed by atoms with E-state index in [9.17, 15) is 13.2 Å². The number of benzene rings is 2. The summed E-state index contributed by atoms with van der Waals surface area (Å²) in [6.07, 6.45) is 0.202. The number of carbonyl (C=O) groups is 1. The molecule has 1 N–H and O–H groups in total. The molecule has 0 saturated heterocycles. The minimum Gasteiger partial charge on any atom is -0.493 e. The van der Waals surface area contributed by atoms with Crippen LogP contribution < -0.4 is 10.1 Å². The van der Waals surface area contributed by atoms with Crippen molar-refractivity contribution in [1.82, 2.24) is 4.31 Å². The first-order chi connectivity index (χ1) is 12.9. The van der Waals surface area contributed by atoms with Crippen LogP contribution in [0, 0.1) is 6.92 Å². The second kappa shape index (κ2) is 9.53. The number of ether oxygens (including phenoxy) is 1. The van der Waals surface area contributed by atoms with E-state index in [0.717, 1.165) is 11.3 Å². The van der Waals surface area contributed by atoms with Crippen LogP contribution in [0.4, 0.5) is 5.69 Å². The number of aryl methyl sites for hydroxylation is 1. The van der Waals surface area contributed by atoms with Crippen LogP contribution >= 0.6 is 0 Å². The van der Waals surface area contributed by atoms with E-state index in [0.29, 0.717) is 18.8 Å². The molecule has 27 heavy (non-hydrogen) atoms. The van der Waals surface area contributed by atoms with Gasteiger partial charge in [0.15, 0.2) is 0 Å². The van der Waals surface area contributed by atoms with Crippen molar-refractivity contribution >= 4 is 21.6 Å². The van der Waals surface area contributed by atoms with Gasteiger partial charge in [0.1, 0.15) is 5.75 Å². The molecule has 0 aliphatic heterocycles. The Labute approximate surface area is 161 Å². The van der Waals surface area contributed by atoms with E-state index < -0.39 is 10.0 Å². The van der Waals surface area contributed by atoms with Gasteiger partial charge >= 0.3 is 0 Å². The summed E-state index contributed by atoms with van der Waals surface area (Å²) < 4.78 is 31.9. The highest BCUT2D eigenvalue weighted by atomic mass is 32.2. The Hall–Kier alpha value is -2.38. The van der Waals surface area contributed by atoms with E-state index in [-0.39, 0.29) is 23.8 Å². The summed E-state index contributed by atoms with van der Waals surface area (Å²) in [6, 6.07) is 13.8. The molecular weight excluding hydrogens is 364 g/mol. The monoisotopic (exact) mass is 390 g/mol. The molecule has 1 amide bonds. The van der Waals surface area contributed by atoms with Crippen LogP contribution in [0.5, 0.6) is 5.75 Å². The molecule has 0 heterocycles. The zero-order valence-electron chi connectivity index (χ0n) is 15.9. The highest BCUT2D eigenvalue weighted by Gasteiger charge is 2.21. The van der Waals surface area contributed by atoms with Gasteiger partial charge < -0.3 is 10.1 Å². The lowest BCUT2D eigenvalue weighted by Crippen LogP contribution is -2.30. The molecule has 0 aromatic heterocycles. The van der Waals surface area contributed by atoms with Gasteiger partial charge in [0.25, 0.3) is 0 Å². The molecule has 0 unspecified atom stereocenters. The molecule has 0 fully saturated rings. The SMILES string of the molecule is CCN(CC)S(=O)(=O)c1ccc(NC(=O)CCOc2ccccc2C)cc1. The summed E-state index contributed by atoms with van der Waals surface area (Å²) in [4.78, 5) is 12.3. The van der Waals surface area contributed by atoms with Crippen LogP contribution in [-0.2, 0) is 14.8 Å². The second-order valence-electron chi connectivity index (χ2n) is 6.03. The second-order valence-corrected chi connectivity index (χ2v) is 7.96. The van der Waals surface area contributed by atoms with Crippen molar-refractivity contribution in [3.63, 3.8) is 0 Å². The Kier molecular flexibility index (Phi) is 7.38. The number of anilines is 1. The molecule has 0 aliphatic rings. The molecule has 7 heteroatoms. The van der Waals surface area contributed by atoms with Crippen LogP contribution in [0.25, 0.3) is 0 Å². The third-order valence-corrected chi connectivity index (χ3v) is 6.23. The van der Waals surface area contributed by atoms with Crippen LogP contribution in [0.1, 0.15) is 25.8 Å². The van der Waals surface area contributed by atoms with E-state index in [1.165, 1.54) is 16.4 Å². The molecule has 6 nitrogen and oxygen atoms in total. The van der Waals surface area contributed by atoms with Crippen LogP contribution in [0.15, 0.2) is 53.4 Å². The number of hydrogen-bond acceptors (Lipinski definition) is 4. The average molecular weight is 391 g/mol. The average Bonchev–Trinajstić information content (AvgIpc) is 2.64. The maximum absolute atomic E-state index is 12.5. The third-order valence-electron chi connectivity index (χ3n) is 4.16. The van der Waals surface area contributed by atoms with Gasteiger partial charge in [-0.15, -0.1) is 0 Å². The normalized spacial score (nSPS) is 11.4. The Morgan fingerprint density at radius 1 is 1.04 bits per heavy atom. The number of nitrogens with zero attached hydrogens (tertiary/aromatic N) is 1. The molecule has 0 aliphatic carbocycles. The predicted molar refractivity (Wildman–Crippen MR) is 106 cm³/mol. The van der Waals surface area contributed by atoms with Gasteiger partial charge in [0.05, 0.1) is 17.9 Å². The van der Waals surface area contributed by atoms with Crippen molar-refractivity contribution in [2.75, 3.05) is 25.0 Å². The van der Waals surface area contributed by atoms with Gasteiger partial charge in [-0.3, -0.25) is 4.79 Å². The smallest absolute Gasteiger partial charge is 0.243 e. The molecule has 146 valence electrons. The molecule has 0 spiro atoms. The van der Waals surface area contributed by atoms with Crippen molar-refractivity contribution in [1.29, 1.82) is 0 Å². The number of para-hydroxylation sites is 1. The molecule has 2 aromatic carbocycles. The fraction of sp³-hybridized carbons (Fsp3) is 0.350.